The third-order valence-electron chi connectivity index (χ3n) is 2.71. The van der Waals surface area contributed by atoms with Gasteiger partial charge in [-0.3, -0.25) is 9.59 Å². The van der Waals surface area contributed by atoms with Crippen LogP contribution in [0.15, 0.2) is 18.2 Å². The Hall–Kier alpha value is -2.57. The first kappa shape index (κ1) is 15.5. The van der Waals surface area contributed by atoms with Crippen molar-refractivity contribution < 1.29 is 29.7 Å². The van der Waals surface area contributed by atoms with E-state index < -0.39 is 23.9 Å². The smallest absolute Gasteiger partial charge is 0.326 e. The SMILES string of the molecule is Cc1cc(C(=O)N[C@@H](CCC(=O)O)C(=O)O)ccc1O. The molecule has 0 saturated heterocycles. The predicted molar refractivity (Wildman–Crippen MR) is 68.6 cm³/mol. The monoisotopic (exact) mass is 281 g/mol. The van der Waals surface area contributed by atoms with Gasteiger partial charge in [-0.05, 0) is 37.1 Å². The van der Waals surface area contributed by atoms with Gasteiger partial charge in [0.05, 0.1) is 0 Å². The van der Waals surface area contributed by atoms with Crippen LogP contribution in [0.25, 0.3) is 0 Å². The fourth-order valence-corrected chi connectivity index (χ4v) is 1.56. The molecule has 1 aromatic carbocycles. The molecule has 1 rings (SSSR count). The van der Waals surface area contributed by atoms with E-state index in [2.05, 4.69) is 5.32 Å². The molecule has 1 amide bonds. The number of carbonyl (C=O) groups is 3. The van der Waals surface area contributed by atoms with Crippen LogP contribution in [0.5, 0.6) is 5.75 Å². The van der Waals surface area contributed by atoms with Crippen LogP contribution in [-0.4, -0.2) is 39.2 Å². The minimum atomic E-state index is -1.30. The average molecular weight is 281 g/mol. The summed E-state index contributed by atoms with van der Waals surface area (Å²) in [6.45, 7) is 1.60. The number of rotatable bonds is 6. The Morgan fingerprint density at radius 2 is 1.90 bits per heavy atom. The van der Waals surface area contributed by atoms with E-state index in [1.165, 1.54) is 18.2 Å². The lowest BCUT2D eigenvalue weighted by atomic mass is 10.1. The van der Waals surface area contributed by atoms with Gasteiger partial charge in [-0.2, -0.15) is 0 Å². The Labute approximate surface area is 114 Å². The van der Waals surface area contributed by atoms with E-state index in [1.807, 2.05) is 0 Å². The zero-order valence-electron chi connectivity index (χ0n) is 10.8. The number of benzene rings is 1. The highest BCUT2D eigenvalue weighted by molar-refractivity contribution is 5.97. The minimum Gasteiger partial charge on any atom is -0.508 e. The molecule has 4 N–H and O–H groups in total. The Balaban J connectivity index is 2.77. The Bertz CT molecular complexity index is 540. The van der Waals surface area contributed by atoms with E-state index in [9.17, 15) is 19.5 Å². The largest absolute Gasteiger partial charge is 0.508 e. The number of carboxylic acids is 2. The van der Waals surface area contributed by atoms with Crippen LogP contribution >= 0.6 is 0 Å². The highest BCUT2D eigenvalue weighted by Crippen LogP contribution is 2.17. The van der Waals surface area contributed by atoms with Gasteiger partial charge in [-0.1, -0.05) is 0 Å². The number of carbonyl (C=O) groups excluding carboxylic acids is 1. The predicted octanol–water partition coefficient (Wildman–Crippen LogP) is 0.748. The maximum atomic E-state index is 11.9. The molecule has 0 fully saturated rings. The van der Waals surface area contributed by atoms with Crippen molar-refractivity contribution in [3.05, 3.63) is 29.3 Å². The van der Waals surface area contributed by atoms with Crippen molar-refractivity contribution in [3.63, 3.8) is 0 Å². The van der Waals surface area contributed by atoms with Crippen LogP contribution in [0.1, 0.15) is 28.8 Å². The minimum absolute atomic E-state index is 0.0298. The third-order valence-corrected chi connectivity index (χ3v) is 2.71. The first-order valence-electron chi connectivity index (χ1n) is 5.86. The Morgan fingerprint density at radius 1 is 1.25 bits per heavy atom. The Kier molecular flexibility index (Phi) is 5.08. The molecule has 0 spiro atoms. The Morgan fingerprint density at radius 3 is 2.40 bits per heavy atom. The lowest BCUT2D eigenvalue weighted by Crippen LogP contribution is -2.41. The number of aryl methyl sites for hydroxylation is 1. The topological polar surface area (TPSA) is 124 Å². The molecule has 0 radical (unpaired) electrons. The van der Waals surface area contributed by atoms with Gasteiger partial charge in [0.25, 0.3) is 5.91 Å². The van der Waals surface area contributed by atoms with Crippen LogP contribution in [0.3, 0.4) is 0 Å². The third kappa shape index (κ3) is 4.27. The molecule has 0 bridgehead atoms. The molecule has 0 heterocycles. The molecule has 7 heteroatoms. The van der Waals surface area contributed by atoms with Crippen LogP contribution < -0.4 is 5.32 Å². The number of carboxylic acid groups (broad SMARTS) is 2. The summed E-state index contributed by atoms with van der Waals surface area (Å²) in [6.07, 6.45) is -0.556. The molecule has 0 aliphatic rings. The number of aliphatic carboxylic acids is 2. The normalized spacial score (nSPS) is 11.7. The van der Waals surface area contributed by atoms with Gasteiger partial charge in [0.2, 0.25) is 0 Å². The lowest BCUT2D eigenvalue weighted by Gasteiger charge is -2.14. The molecule has 0 aliphatic heterocycles. The van der Waals surface area contributed by atoms with Gasteiger partial charge in [-0.15, -0.1) is 0 Å². The van der Waals surface area contributed by atoms with Crippen LogP contribution in [0.4, 0.5) is 0 Å². The summed E-state index contributed by atoms with van der Waals surface area (Å²) in [5.74, 6) is -3.03. The maximum Gasteiger partial charge on any atom is 0.326 e. The summed E-state index contributed by atoms with van der Waals surface area (Å²) in [6, 6.07) is 2.83. The van der Waals surface area contributed by atoms with E-state index in [4.69, 9.17) is 10.2 Å². The molecule has 1 atom stereocenters. The highest BCUT2D eigenvalue weighted by atomic mass is 16.4. The number of phenolic OH excluding ortho intramolecular Hbond substituents is 1. The summed E-state index contributed by atoms with van der Waals surface area (Å²) < 4.78 is 0. The fraction of sp³-hybridized carbons (Fsp3) is 0.308. The quantitative estimate of drug-likeness (QED) is 0.610. The number of hydrogen-bond acceptors (Lipinski definition) is 4. The number of aromatic hydroxyl groups is 1. The van der Waals surface area contributed by atoms with E-state index in [1.54, 1.807) is 6.92 Å². The maximum absolute atomic E-state index is 11.9. The van der Waals surface area contributed by atoms with Crippen LogP contribution in [0.2, 0.25) is 0 Å². The molecule has 20 heavy (non-hydrogen) atoms. The van der Waals surface area contributed by atoms with Crippen molar-refractivity contribution in [2.45, 2.75) is 25.8 Å². The second kappa shape index (κ2) is 6.55. The number of hydrogen-bond donors (Lipinski definition) is 4. The zero-order chi connectivity index (χ0) is 15.3. The van der Waals surface area contributed by atoms with E-state index in [0.29, 0.717) is 5.56 Å². The number of amides is 1. The molecule has 108 valence electrons. The molecular weight excluding hydrogens is 266 g/mol. The summed E-state index contributed by atoms with van der Waals surface area (Å²) in [5, 5.41) is 29.1. The highest BCUT2D eigenvalue weighted by Gasteiger charge is 2.21. The summed E-state index contributed by atoms with van der Waals surface area (Å²) in [7, 11) is 0. The van der Waals surface area contributed by atoms with Crippen molar-refractivity contribution in [2.75, 3.05) is 0 Å². The van der Waals surface area contributed by atoms with Gasteiger partial charge in [0.1, 0.15) is 11.8 Å². The fourth-order valence-electron chi connectivity index (χ4n) is 1.56. The molecule has 0 saturated carbocycles. The second-order valence-corrected chi connectivity index (χ2v) is 4.30. The first-order valence-corrected chi connectivity index (χ1v) is 5.86. The van der Waals surface area contributed by atoms with Crippen molar-refractivity contribution in [1.82, 2.24) is 5.32 Å². The molecule has 0 unspecified atom stereocenters. The number of nitrogens with one attached hydrogen (secondary N) is 1. The average Bonchev–Trinajstić information content (AvgIpc) is 2.36. The van der Waals surface area contributed by atoms with Crippen molar-refractivity contribution in [3.8, 4) is 5.75 Å². The summed E-state index contributed by atoms with van der Waals surface area (Å²) in [5.41, 5.74) is 0.678. The van der Waals surface area contributed by atoms with Gasteiger partial charge >= 0.3 is 11.9 Å². The van der Waals surface area contributed by atoms with Gasteiger partial charge in [0, 0.05) is 12.0 Å². The van der Waals surface area contributed by atoms with Crippen molar-refractivity contribution in [2.24, 2.45) is 0 Å². The summed E-state index contributed by atoms with van der Waals surface area (Å²) >= 11 is 0. The first-order chi connectivity index (χ1) is 9.31. The van der Waals surface area contributed by atoms with Gasteiger partial charge in [-0.25, -0.2) is 4.79 Å². The molecule has 7 nitrogen and oxygen atoms in total. The number of phenols is 1. The van der Waals surface area contributed by atoms with Gasteiger partial charge in [0.15, 0.2) is 0 Å². The molecule has 1 aromatic rings. The lowest BCUT2D eigenvalue weighted by molar-refractivity contribution is -0.140. The van der Waals surface area contributed by atoms with Gasteiger partial charge < -0.3 is 20.6 Å². The van der Waals surface area contributed by atoms with E-state index >= 15 is 0 Å². The zero-order valence-corrected chi connectivity index (χ0v) is 10.8. The second-order valence-electron chi connectivity index (χ2n) is 4.30. The van der Waals surface area contributed by atoms with Crippen molar-refractivity contribution in [1.29, 1.82) is 0 Å². The molecule has 0 aliphatic carbocycles. The standard InChI is InChI=1S/C13H15NO6/c1-7-6-8(2-4-10(7)15)12(18)14-9(13(19)20)3-5-11(16)17/h2,4,6,9,15H,3,5H2,1H3,(H,14,18)(H,16,17)(H,19,20)/t9-/m0/s1. The van der Waals surface area contributed by atoms with E-state index in [0.717, 1.165) is 0 Å². The van der Waals surface area contributed by atoms with Crippen LogP contribution in [-0.2, 0) is 9.59 Å². The van der Waals surface area contributed by atoms with Crippen LogP contribution in [0, 0.1) is 6.92 Å². The summed E-state index contributed by atoms with van der Waals surface area (Å²) in [4.78, 5) is 33.2. The van der Waals surface area contributed by atoms with E-state index in [-0.39, 0.29) is 24.2 Å². The molecular formula is C13H15NO6. The van der Waals surface area contributed by atoms with Crippen molar-refractivity contribution >= 4 is 17.8 Å². The molecule has 0 aromatic heterocycles.